The first-order chi connectivity index (χ1) is 11.7. The molecule has 1 atom stereocenters. The van der Waals surface area contributed by atoms with Crippen molar-refractivity contribution in [2.75, 3.05) is 6.54 Å². The number of carbonyl (C=O) groups is 1. The van der Waals surface area contributed by atoms with Gasteiger partial charge in [0.2, 0.25) is 0 Å². The summed E-state index contributed by atoms with van der Waals surface area (Å²) in [6, 6.07) is 6.27. The highest BCUT2D eigenvalue weighted by Crippen LogP contribution is 2.29. The standard InChI is InChI=1S/C19H30N2O3S.ClH/c1-14(2)12-19(3,13-20)21-18(22)15-8-10-17(11-9-15)25(23,24)16-6-4-5-7-16;/h8-11,14,16H,4-7,12-13,20H2,1-3H3,(H,21,22);1H. The summed E-state index contributed by atoms with van der Waals surface area (Å²) in [4.78, 5) is 12.8. The minimum Gasteiger partial charge on any atom is -0.346 e. The number of rotatable bonds is 7. The van der Waals surface area contributed by atoms with Crippen molar-refractivity contribution in [1.82, 2.24) is 5.32 Å². The molecule has 1 fully saturated rings. The molecular weight excluding hydrogens is 372 g/mol. The SMILES string of the molecule is CC(C)CC(C)(CN)NC(=O)c1ccc(S(=O)(=O)C2CCCC2)cc1.Cl. The predicted molar refractivity (Wildman–Crippen MR) is 108 cm³/mol. The van der Waals surface area contributed by atoms with E-state index in [4.69, 9.17) is 5.73 Å². The molecule has 5 nitrogen and oxygen atoms in total. The first kappa shape index (κ1) is 22.9. The minimum absolute atomic E-state index is 0. The van der Waals surface area contributed by atoms with Crippen molar-refractivity contribution in [3.05, 3.63) is 29.8 Å². The second-order valence-corrected chi connectivity index (χ2v) is 10.0. The summed E-state index contributed by atoms with van der Waals surface area (Å²) in [6.45, 7) is 6.46. The van der Waals surface area contributed by atoms with E-state index in [-0.39, 0.29) is 23.6 Å². The number of sulfone groups is 1. The maximum Gasteiger partial charge on any atom is 0.251 e. The van der Waals surface area contributed by atoms with Crippen LogP contribution >= 0.6 is 12.4 Å². The van der Waals surface area contributed by atoms with Gasteiger partial charge >= 0.3 is 0 Å². The van der Waals surface area contributed by atoms with Crippen LogP contribution in [0, 0.1) is 5.92 Å². The van der Waals surface area contributed by atoms with Crippen LogP contribution in [0.15, 0.2) is 29.2 Å². The highest BCUT2D eigenvalue weighted by atomic mass is 35.5. The van der Waals surface area contributed by atoms with Gasteiger partial charge in [0, 0.05) is 17.6 Å². The molecule has 7 heteroatoms. The van der Waals surface area contributed by atoms with Crippen LogP contribution in [0.3, 0.4) is 0 Å². The molecule has 0 radical (unpaired) electrons. The third kappa shape index (κ3) is 5.44. The summed E-state index contributed by atoms with van der Waals surface area (Å²) >= 11 is 0. The number of carbonyl (C=O) groups excluding carboxylic acids is 1. The van der Waals surface area contributed by atoms with E-state index in [1.54, 1.807) is 24.3 Å². The number of hydrogen-bond donors (Lipinski definition) is 2. The smallest absolute Gasteiger partial charge is 0.251 e. The van der Waals surface area contributed by atoms with Crippen LogP contribution in [0.1, 0.15) is 63.2 Å². The van der Waals surface area contributed by atoms with E-state index in [2.05, 4.69) is 19.2 Å². The van der Waals surface area contributed by atoms with Crippen LogP contribution in [-0.4, -0.2) is 31.7 Å². The number of hydrogen-bond acceptors (Lipinski definition) is 4. The molecule has 0 saturated heterocycles. The number of nitrogens with one attached hydrogen (secondary N) is 1. The van der Waals surface area contributed by atoms with E-state index in [0.29, 0.717) is 22.9 Å². The van der Waals surface area contributed by atoms with Crippen molar-refractivity contribution in [3.8, 4) is 0 Å². The summed E-state index contributed by atoms with van der Waals surface area (Å²) in [5, 5.41) is 2.71. The molecule has 1 saturated carbocycles. The van der Waals surface area contributed by atoms with E-state index in [0.717, 1.165) is 32.1 Å². The zero-order chi connectivity index (χ0) is 18.7. The van der Waals surface area contributed by atoms with Gasteiger partial charge in [0.1, 0.15) is 0 Å². The van der Waals surface area contributed by atoms with Gasteiger partial charge in [-0.15, -0.1) is 12.4 Å². The van der Waals surface area contributed by atoms with E-state index in [9.17, 15) is 13.2 Å². The number of amides is 1. The van der Waals surface area contributed by atoms with Crippen molar-refractivity contribution < 1.29 is 13.2 Å². The fourth-order valence-corrected chi connectivity index (χ4v) is 5.47. The Morgan fingerprint density at radius 1 is 1.23 bits per heavy atom. The predicted octanol–water partition coefficient (Wildman–Crippen LogP) is 3.32. The molecule has 26 heavy (non-hydrogen) atoms. The number of halogens is 1. The first-order valence-electron chi connectivity index (χ1n) is 9.04. The van der Waals surface area contributed by atoms with Crippen molar-refractivity contribution in [1.29, 1.82) is 0 Å². The molecule has 0 aliphatic heterocycles. The molecule has 1 aromatic rings. The Morgan fingerprint density at radius 3 is 2.23 bits per heavy atom. The van der Waals surface area contributed by atoms with Crippen LogP contribution in [0.2, 0.25) is 0 Å². The van der Waals surface area contributed by atoms with Gasteiger partial charge in [-0.25, -0.2) is 8.42 Å². The van der Waals surface area contributed by atoms with Crippen LogP contribution < -0.4 is 11.1 Å². The van der Waals surface area contributed by atoms with Crippen molar-refractivity contribution >= 4 is 28.2 Å². The largest absolute Gasteiger partial charge is 0.346 e. The first-order valence-corrected chi connectivity index (χ1v) is 10.6. The van der Waals surface area contributed by atoms with E-state index < -0.39 is 15.4 Å². The normalized spacial score (nSPS) is 17.6. The lowest BCUT2D eigenvalue weighted by Gasteiger charge is -2.31. The molecule has 148 valence electrons. The number of benzene rings is 1. The van der Waals surface area contributed by atoms with E-state index in [1.807, 2.05) is 6.92 Å². The third-order valence-corrected chi connectivity index (χ3v) is 7.19. The molecule has 1 unspecified atom stereocenters. The Bertz CT molecular complexity index is 698. The maximum absolute atomic E-state index is 12.6. The molecule has 1 aliphatic rings. The van der Waals surface area contributed by atoms with Gasteiger partial charge in [-0.05, 0) is 56.4 Å². The Morgan fingerprint density at radius 2 is 1.77 bits per heavy atom. The van der Waals surface area contributed by atoms with Gasteiger partial charge in [-0.2, -0.15) is 0 Å². The van der Waals surface area contributed by atoms with Gasteiger partial charge in [-0.1, -0.05) is 26.7 Å². The number of nitrogens with two attached hydrogens (primary N) is 1. The summed E-state index contributed by atoms with van der Waals surface area (Å²) in [6.07, 6.45) is 4.18. The van der Waals surface area contributed by atoms with Crippen LogP contribution in [0.4, 0.5) is 0 Å². The molecule has 3 N–H and O–H groups in total. The highest BCUT2D eigenvalue weighted by Gasteiger charge is 2.30. The summed E-state index contributed by atoms with van der Waals surface area (Å²) in [5.41, 5.74) is 5.82. The highest BCUT2D eigenvalue weighted by molar-refractivity contribution is 7.92. The van der Waals surface area contributed by atoms with Crippen LogP contribution in [0.25, 0.3) is 0 Å². The minimum atomic E-state index is -3.29. The Balaban J connectivity index is 0.00000338. The third-order valence-electron chi connectivity index (χ3n) is 4.91. The Kier molecular flexibility index (Phi) is 8.11. The van der Waals surface area contributed by atoms with Gasteiger partial charge in [0.05, 0.1) is 10.1 Å². The molecule has 0 bridgehead atoms. The van der Waals surface area contributed by atoms with Crippen molar-refractivity contribution in [3.63, 3.8) is 0 Å². The lowest BCUT2D eigenvalue weighted by atomic mass is 9.90. The average Bonchev–Trinajstić information content (AvgIpc) is 3.09. The summed E-state index contributed by atoms with van der Waals surface area (Å²) < 4.78 is 25.2. The van der Waals surface area contributed by atoms with Gasteiger partial charge < -0.3 is 11.1 Å². The topological polar surface area (TPSA) is 89.3 Å². The quantitative estimate of drug-likeness (QED) is 0.732. The molecule has 0 spiro atoms. The fraction of sp³-hybridized carbons (Fsp3) is 0.632. The Hall–Kier alpha value is -1.11. The van der Waals surface area contributed by atoms with Crippen LogP contribution in [0.5, 0.6) is 0 Å². The van der Waals surface area contributed by atoms with Crippen molar-refractivity contribution in [2.24, 2.45) is 11.7 Å². The second kappa shape index (κ2) is 9.20. The molecule has 1 aliphatic carbocycles. The van der Waals surface area contributed by atoms with Crippen molar-refractivity contribution in [2.45, 2.75) is 68.6 Å². The molecule has 0 heterocycles. The summed E-state index contributed by atoms with van der Waals surface area (Å²) in [5.74, 6) is 0.186. The molecule has 2 rings (SSSR count). The molecule has 1 aromatic carbocycles. The zero-order valence-electron chi connectivity index (χ0n) is 15.8. The fourth-order valence-electron chi connectivity index (χ4n) is 3.62. The maximum atomic E-state index is 12.6. The second-order valence-electron chi connectivity index (χ2n) is 7.79. The Labute approximate surface area is 163 Å². The molecule has 0 aromatic heterocycles. The molecule has 1 amide bonds. The van der Waals surface area contributed by atoms with E-state index >= 15 is 0 Å². The van der Waals surface area contributed by atoms with E-state index in [1.165, 1.54) is 0 Å². The zero-order valence-corrected chi connectivity index (χ0v) is 17.5. The van der Waals surface area contributed by atoms with Gasteiger partial charge in [0.25, 0.3) is 5.91 Å². The molecular formula is C19H31ClN2O3S. The van der Waals surface area contributed by atoms with Crippen LogP contribution in [-0.2, 0) is 9.84 Å². The lowest BCUT2D eigenvalue weighted by molar-refractivity contribution is 0.0898. The lowest BCUT2D eigenvalue weighted by Crippen LogP contribution is -2.52. The van der Waals surface area contributed by atoms with Gasteiger partial charge in [0.15, 0.2) is 9.84 Å². The average molecular weight is 403 g/mol. The summed E-state index contributed by atoms with van der Waals surface area (Å²) in [7, 11) is -3.29. The monoisotopic (exact) mass is 402 g/mol. The van der Waals surface area contributed by atoms with Gasteiger partial charge in [-0.3, -0.25) is 4.79 Å².